The number of hydrogen-bond donors (Lipinski definition) is 1. The van der Waals surface area contributed by atoms with Gasteiger partial charge in [0.2, 0.25) is 0 Å². The molecule has 2 aromatic rings. The second kappa shape index (κ2) is 7.50. The lowest BCUT2D eigenvalue weighted by Gasteiger charge is -2.19. The number of hydrogen-bond acceptors (Lipinski definition) is 3. The number of ether oxygens (including phenoxy) is 2. The van der Waals surface area contributed by atoms with Crippen LogP contribution in [-0.2, 0) is 6.42 Å². The van der Waals surface area contributed by atoms with Gasteiger partial charge in [-0.05, 0) is 29.7 Å². The van der Waals surface area contributed by atoms with Gasteiger partial charge < -0.3 is 14.6 Å². The van der Waals surface area contributed by atoms with Crippen LogP contribution in [0.15, 0.2) is 61.2 Å². The van der Waals surface area contributed by atoms with Gasteiger partial charge in [-0.3, -0.25) is 0 Å². The minimum Gasteiger partial charge on any atom is -0.493 e. The highest BCUT2D eigenvalue weighted by Gasteiger charge is 2.15. The zero-order valence-corrected chi connectivity index (χ0v) is 12.2. The van der Waals surface area contributed by atoms with Crippen molar-refractivity contribution in [3.05, 3.63) is 72.3 Å². The summed E-state index contributed by atoms with van der Waals surface area (Å²) in [5.41, 5.74) is 2.03. The van der Waals surface area contributed by atoms with E-state index in [0.29, 0.717) is 11.5 Å². The molecule has 0 radical (unpaired) electrons. The third-order valence-electron chi connectivity index (χ3n) is 3.21. The largest absolute Gasteiger partial charge is 0.493 e. The Balaban J connectivity index is 2.23. The van der Waals surface area contributed by atoms with Crippen LogP contribution in [0.2, 0.25) is 0 Å². The van der Waals surface area contributed by atoms with Gasteiger partial charge in [-0.25, -0.2) is 0 Å². The molecule has 0 spiro atoms. The summed E-state index contributed by atoms with van der Waals surface area (Å²) in [4.78, 5) is 0. The van der Waals surface area contributed by atoms with E-state index < -0.39 is 6.10 Å². The summed E-state index contributed by atoms with van der Waals surface area (Å²) in [5, 5.41) is 9.56. The molecule has 2 aromatic carbocycles. The Morgan fingerprint density at radius 1 is 1.14 bits per heavy atom. The Labute approximate surface area is 125 Å². The van der Waals surface area contributed by atoms with Crippen molar-refractivity contribution in [1.82, 2.24) is 0 Å². The first-order valence-electron chi connectivity index (χ1n) is 6.88. The third kappa shape index (κ3) is 3.86. The molecule has 0 saturated carbocycles. The summed E-state index contributed by atoms with van der Waals surface area (Å²) >= 11 is 0. The minimum atomic E-state index is -0.412. The molecule has 0 heterocycles. The van der Waals surface area contributed by atoms with Gasteiger partial charge in [0.1, 0.15) is 6.10 Å². The summed E-state index contributed by atoms with van der Waals surface area (Å²) in [6, 6.07) is 15.4. The number of methoxy groups -OCH3 is 1. The highest BCUT2D eigenvalue weighted by molar-refractivity contribution is 5.44. The molecule has 3 heteroatoms. The van der Waals surface area contributed by atoms with E-state index in [0.717, 1.165) is 17.5 Å². The topological polar surface area (TPSA) is 38.7 Å². The first kappa shape index (κ1) is 15.1. The van der Waals surface area contributed by atoms with Crippen LogP contribution in [0.3, 0.4) is 0 Å². The molecule has 1 N–H and O–H groups in total. The SMILES string of the molecule is C=CCc1ccc(OC(CO)c2ccccc2)c(OC)c1. The first-order valence-corrected chi connectivity index (χ1v) is 6.88. The molecule has 0 aromatic heterocycles. The van der Waals surface area contributed by atoms with E-state index in [2.05, 4.69) is 6.58 Å². The Kier molecular flexibility index (Phi) is 5.41. The van der Waals surface area contributed by atoms with Crippen LogP contribution in [-0.4, -0.2) is 18.8 Å². The van der Waals surface area contributed by atoms with Gasteiger partial charge in [0.15, 0.2) is 11.5 Å². The van der Waals surface area contributed by atoms with Crippen LogP contribution in [0, 0.1) is 0 Å². The zero-order valence-electron chi connectivity index (χ0n) is 12.2. The zero-order chi connectivity index (χ0) is 15.1. The quantitative estimate of drug-likeness (QED) is 0.790. The standard InChI is InChI=1S/C18H20O3/c1-3-7-14-10-11-16(17(12-14)20-2)21-18(13-19)15-8-5-4-6-9-15/h3-6,8-12,18-19H,1,7,13H2,2H3. The van der Waals surface area contributed by atoms with E-state index in [-0.39, 0.29) is 6.61 Å². The molecule has 110 valence electrons. The summed E-state index contributed by atoms with van der Waals surface area (Å²) in [6.45, 7) is 3.63. The molecular weight excluding hydrogens is 264 g/mol. The Bertz CT molecular complexity index is 578. The molecule has 0 saturated heterocycles. The number of aliphatic hydroxyl groups excluding tert-OH is 1. The van der Waals surface area contributed by atoms with Gasteiger partial charge in [-0.2, -0.15) is 0 Å². The molecule has 1 unspecified atom stereocenters. The molecule has 0 amide bonds. The molecule has 0 bridgehead atoms. The average Bonchev–Trinajstić information content (AvgIpc) is 2.54. The molecule has 0 aliphatic carbocycles. The van der Waals surface area contributed by atoms with Gasteiger partial charge >= 0.3 is 0 Å². The predicted molar refractivity (Wildman–Crippen MR) is 83.8 cm³/mol. The summed E-state index contributed by atoms with van der Waals surface area (Å²) in [6.07, 6.45) is 2.21. The predicted octanol–water partition coefficient (Wildman–Crippen LogP) is 3.54. The third-order valence-corrected chi connectivity index (χ3v) is 3.21. The molecule has 3 nitrogen and oxygen atoms in total. The van der Waals surface area contributed by atoms with E-state index in [1.54, 1.807) is 7.11 Å². The Morgan fingerprint density at radius 2 is 1.90 bits per heavy atom. The van der Waals surface area contributed by atoms with Crippen LogP contribution in [0.1, 0.15) is 17.2 Å². The van der Waals surface area contributed by atoms with Crippen molar-refractivity contribution in [2.24, 2.45) is 0 Å². The molecule has 2 rings (SSSR count). The van der Waals surface area contributed by atoms with Gasteiger partial charge in [0.05, 0.1) is 13.7 Å². The molecular formula is C18H20O3. The van der Waals surface area contributed by atoms with E-state index in [9.17, 15) is 5.11 Å². The van der Waals surface area contributed by atoms with Crippen molar-refractivity contribution in [2.45, 2.75) is 12.5 Å². The van der Waals surface area contributed by atoms with Crippen LogP contribution >= 0.6 is 0 Å². The van der Waals surface area contributed by atoms with E-state index in [4.69, 9.17) is 9.47 Å². The summed E-state index contributed by atoms with van der Waals surface area (Å²) in [7, 11) is 1.61. The minimum absolute atomic E-state index is 0.0957. The van der Waals surface area contributed by atoms with Crippen molar-refractivity contribution in [1.29, 1.82) is 0 Å². The van der Waals surface area contributed by atoms with Crippen molar-refractivity contribution in [3.63, 3.8) is 0 Å². The van der Waals surface area contributed by atoms with Crippen molar-refractivity contribution in [3.8, 4) is 11.5 Å². The van der Waals surface area contributed by atoms with Gasteiger partial charge in [-0.1, -0.05) is 42.5 Å². The van der Waals surface area contributed by atoms with Crippen LogP contribution in [0.25, 0.3) is 0 Å². The van der Waals surface area contributed by atoms with Gasteiger partial charge in [0, 0.05) is 0 Å². The number of benzene rings is 2. The number of aliphatic hydroxyl groups is 1. The lowest BCUT2D eigenvalue weighted by Crippen LogP contribution is -2.12. The van der Waals surface area contributed by atoms with Crippen molar-refractivity contribution < 1.29 is 14.6 Å². The summed E-state index contributed by atoms with van der Waals surface area (Å²) < 4.78 is 11.3. The highest BCUT2D eigenvalue weighted by Crippen LogP contribution is 2.32. The van der Waals surface area contributed by atoms with Crippen LogP contribution < -0.4 is 9.47 Å². The van der Waals surface area contributed by atoms with E-state index in [1.165, 1.54) is 0 Å². The molecule has 21 heavy (non-hydrogen) atoms. The van der Waals surface area contributed by atoms with E-state index >= 15 is 0 Å². The second-order valence-corrected chi connectivity index (χ2v) is 4.68. The molecule has 0 fully saturated rings. The maximum Gasteiger partial charge on any atom is 0.162 e. The monoisotopic (exact) mass is 284 g/mol. The van der Waals surface area contributed by atoms with Gasteiger partial charge in [-0.15, -0.1) is 6.58 Å². The fourth-order valence-electron chi connectivity index (χ4n) is 2.13. The number of allylic oxidation sites excluding steroid dienone is 1. The van der Waals surface area contributed by atoms with Gasteiger partial charge in [0.25, 0.3) is 0 Å². The average molecular weight is 284 g/mol. The van der Waals surface area contributed by atoms with Crippen LogP contribution in [0.5, 0.6) is 11.5 Å². The lowest BCUT2D eigenvalue weighted by atomic mass is 10.1. The molecule has 1 atom stereocenters. The Hall–Kier alpha value is -2.26. The lowest BCUT2D eigenvalue weighted by molar-refractivity contribution is 0.113. The van der Waals surface area contributed by atoms with E-state index in [1.807, 2.05) is 54.6 Å². The molecule has 0 aliphatic rings. The Morgan fingerprint density at radius 3 is 2.52 bits per heavy atom. The summed E-state index contributed by atoms with van der Waals surface area (Å²) in [5.74, 6) is 1.27. The smallest absolute Gasteiger partial charge is 0.162 e. The van der Waals surface area contributed by atoms with Crippen molar-refractivity contribution in [2.75, 3.05) is 13.7 Å². The normalized spacial score (nSPS) is 11.7. The molecule has 0 aliphatic heterocycles. The fourth-order valence-corrected chi connectivity index (χ4v) is 2.13. The fraction of sp³-hybridized carbons (Fsp3) is 0.222. The first-order chi connectivity index (χ1) is 10.3. The maximum absolute atomic E-state index is 9.56. The van der Waals surface area contributed by atoms with Crippen LogP contribution in [0.4, 0.5) is 0 Å². The highest BCUT2D eigenvalue weighted by atomic mass is 16.5. The van der Waals surface area contributed by atoms with Crippen molar-refractivity contribution >= 4 is 0 Å². The number of rotatable bonds is 7. The maximum atomic E-state index is 9.56. The second-order valence-electron chi connectivity index (χ2n) is 4.68.